The van der Waals surface area contributed by atoms with Crippen LogP contribution in [0.25, 0.3) is 11.1 Å². The maximum absolute atomic E-state index is 12.0. The fraction of sp³-hybridized carbons (Fsp3) is 0.231. The summed E-state index contributed by atoms with van der Waals surface area (Å²) in [6, 6.07) is 5.72. The number of hydrogen-bond donors (Lipinski definition) is 2. The first-order valence-corrected chi connectivity index (χ1v) is 5.75. The Morgan fingerprint density at radius 2 is 2.16 bits per heavy atom. The number of anilines is 1. The van der Waals surface area contributed by atoms with Crippen LogP contribution in [0.15, 0.2) is 23.0 Å². The zero-order chi connectivity index (χ0) is 12.7. The second-order valence-electron chi connectivity index (χ2n) is 4.30. The second-order valence-corrected chi connectivity index (χ2v) is 4.30. The Bertz CT molecular complexity index is 682. The zero-order valence-electron chi connectivity index (χ0n) is 10.4. The molecule has 0 aliphatic heterocycles. The van der Waals surface area contributed by atoms with Crippen LogP contribution in [0.4, 0.5) is 5.95 Å². The van der Waals surface area contributed by atoms with Gasteiger partial charge in [0.05, 0.1) is 18.4 Å². The van der Waals surface area contributed by atoms with Crippen molar-refractivity contribution in [3.05, 3.63) is 39.8 Å². The number of nitrogens with two attached hydrogens (primary N) is 1. The van der Waals surface area contributed by atoms with Gasteiger partial charge in [-0.25, -0.2) is 4.98 Å². The summed E-state index contributed by atoms with van der Waals surface area (Å²) in [6.07, 6.45) is 1.57. The van der Waals surface area contributed by atoms with Gasteiger partial charge >= 0.3 is 0 Å². The number of hydrogen-bond acceptors (Lipinski definition) is 4. The van der Waals surface area contributed by atoms with Crippen molar-refractivity contribution in [1.82, 2.24) is 9.97 Å². The molecule has 0 bridgehead atoms. The lowest BCUT2D eigenvalue weighted by molar-refractivity contribution is 0.414. The fourth-order valence-electron chi connectivity index (χ4n) is 2.40. The molecule has 1 aliphatic rings. The lowest BCUT2D eigenvalue weighted by Crippen LogP contribution is -2.20. The third-order valence-electron chi connectivity index (χ3n) is 3.23. The van der Waals surface area contributed by atoms with Crippen LogP contribution < -0.4 is 16.0 Å². The maximum atomic E-state index is 12.0. The van der Waals surface area contributed by atoms with E-state index < -0.39 is 0 Å². The highest BCUT2D eigenvalue weighted by Gasteiger charge is 2.21. The highest BCUT2D eigenvalue weighted by Crippen LogP contribution is 2.32. The zero-order valence-corrected chi connectivity index (χ0v) is 11.2. The molecule has 0 radical (unpaired) electrons. The normalized spacial score (nSPS) is 12.1. The molecule has 0 unspecified atom stereocenters. The van der Waals surface area contributed by atoms with E-state index in [0.717, 1.165) is 35.4 Å². The van der Waals surface area contributed by atoms with Gasteiger partial charge in [-0.3, -0.25) is 9.78 Å². The summed E-state index contributed by atoms with van der Waals surface area (Å²) in [5.74, 6) is 0.979. The number of nitrogen functional groups attached to an aromatic ring is 1. The van der Waals surface area contributed by atoms with Crippen LogP contribution in [0.2, 0.25) is 0 Å². The standard InChI is InChI=1S/C13H13N3O2.ClH/c1-18-8-3-4-9-7(6-8)2-5-10-11(9)12(17)16-13(14)15-10;/h3-4,6H,2,5H2,1H3,(H3,14,15,16,17);1H. The summed E-state index contributed by atoms with van der Waals surface area (Å²) in [6.45, 7) is 0. The van der Waals surface area contributed by atoms with Gasteiger partial charge in [0.25, 0.3) is 5.56 Å². The van der Waals surface area contributed by atoms with Gasteiger partial charge in [0.1, 0.15) is 5.75 Å². The van der Waals surface area contributed by atoms with Crippen LogP contribution in [0.3, 0.4) is 0 Å². The number of H-pyrrole nitrogens is 1. The van der Waals surface area contributed by atoms with Gasteiger partial charge in [0, 0.05) is 0 Å². The van der Waals surface area contributed by atoms with E-state index >= 15 is 0 Å². The minimum absolute atomic E-state index is 0. The van der Waals surface area contributed by atoms with Crippen LogP contribution in [0.5, 0.6) is 5.75 Å². The predicted molar refractivity (Wildman–Crippen MR) is 75.9 cm³/mol. The van der Waals surface area contributed by atoms with Gasteiger partial charge < -0.3 is 10.5 Å². The van der Waals surface area contributed by atoms with Gasteiger partial charge in [-0.15, -0.1) is 12.4 Å². The first kappa shape index (κ1) is 13.4. The van der Waals surface area contributed by atoms with Gasteiger partial charge in [-0.1, -0.05) is 6.07 Å². The van der Waals surface area contributed by atoms with Crippen molar-refractivity contribution in [2.24, 2.45) is 0 Å². The van der Waals surface area contributed by atoms with Crippen molar-refractivity contribution < 1.29 is 4.74 Å². The topological polar surface area (TPSA) is 81.0 Å². The molecule has 1 aliphatic carbocycles. The third-order valence-corrected chi connectivity index (χ3v) is 3.23. The molecule has 1 aromatic heterocycles. The molecule has 3 rings (SSSR count). The van der Waals surface area contributed by atoms with Crippen LogP contribution in [0.1, 0.15) is 11.3 Å². The maximum Gasteiger partial charge on any atom is 0.260 e. The molecule has 1 aromatic carbocycles. The van der Waals surface area contributed by atoms with Gasteiger partial charge in [-0.2, -0.15) is 0 Å². The van der Waals surface area contributed by atoms with E-state index in [1.165, 1.54) is 0 Å². The summed E-state index contributed by atoms with van der Waals surface area (Å²) in [7, 11) is 1.63. The van der Waals surface area contributed by atoms with Crippen molar-refractivity contribution in [2.75, 3.05) is 12.8 Å². The summed E-state index contributed by atoms with van der Waals surface area (Å²) in [4.78, 5) is 18.7. The number of aryl methyl sites for hydroxylation is 2. The molecular weight excluding hydrogens is 266 g/mol. The van der Waals surface area contributed by atoms with Crippen LogP contribution in [-0.4, -0.2) is 17.1 Å². The number of rotatable bonds is 1. The quantitative estimate of drug-likeness (QED) is 0.830. The monoisotopic (exact) mass is 279 g/mol. The number of nitrogens with zero attached hydrogens (tertiary/aromatic N) is 1. The Hall–Kier alpha value is -2.01. The Morgan fingerprint density at radius 3 is 2.89 bits per heavy atom. The van der Waals surface area contributed by atoms with E-state index in [0.29, 0.717) is 5.56 Å². The Morgan fingerprint density at radius 1 is 1.37 bits per heavy atom. The van der Waals surface area contributed by atoms with E-state index in [-0.39, 0.29) is 23.9 Å². The van der Waals surface area contributed by atoms with Crippen molar-refractivity contribution in [1.29, 1.82) is 0 Å². The molecular formula is C13H14ClN3O2. The number of benzene rings is 1. The molecule has 6 heteroatoms. The summed E-state index contributed by atoms with van der Waals surface area (Å²) in [5.41, 5.74) is 8.82. The van der Waals surface area contributed by atoms with E-state index in [4.69, 9.17) is 10.5 Å². The minimum atomic E-state index is -0.177. The lowest BCUT2D eigenvalue weighted by atomic mass is 9.89. The van der Waals surface area contributed by atoms with Crippen LogP contribution in [-0.2, 0) is 12.8 Å². The smallest absolute Gasteiger partial charge is 0.260 e. The molecule has 3 N–H and O–H groups in total. The molecule has 100 valence electrons. The molecule has 0 saturated heterocycles. The molecule has 19 heavy (non-hydrogen) atoms. The molecule has 0 atom stereocenters. The summed E-state index contributed by atoms with van der Waals surface area (Å²) >= 11 is 0. The number of halogens is 1. The van der Waals surface area contributed by atoms with E-state index in [1.807, 2.05) is 18.2 Å². The van der Waals surface area contributed by atoms with Crippen molar-refractivity contribution in [3.63, 3.8) is 0 Å². The summed E-state index contributed by atoms with van der Waals surface area (Å²) in [5, 5.41) is 0. The fourth-order valence-corrected chi connectivity index (χ4v) is 2.40. The first-order valence-electron chi connectivity index (χ1n) is 5.75. The minimum Gasteiger partial charge on any atom is -0.497 e. The van der Waals surface area contributed by atoms with Crippen molar-refractivity contribution in [2.45, 2.75) is 12.8 Å². The Kier molecular flexibility index (Phi) is 3.48. The second kappa shape index (κ2) is 4.93. The third kappa shape index (κ3) is 2.17. The molecule has 0 fully saturated rings. The SMILES string of the molecule is COc1ccc2c(c1)CCc1nc(N)[nH]c(=O)c1-2.Cl. The Labute approximate surface area is 116 Å². The molecule has 0 saturated carbocycles. The number of methoxy groups -OCH3 is 1. The Balaban J connectivity index is 0.00000133. The number of fused-ring (bicyclic) bond motifs is 3. The molecule has 1 heterocycles. The van der Waals surface area contributed by atoms with E-state index in [1.54, 1.807) is 7.11 Å². The average molecular weight is 280 g/mol. The lowest BCUT2D eigenvalue weighted by Gasteiger charge is -2.18. The highest BCUT2D eigenvalue weighted by molar-refractivity contribution is 5.85. The average Bonchev–Trinajstić information content (AvgIpc) is 2.37. The molecule has 0 amide bonds. The predicted octanol–water partition coefficient (Wildman–Crippen LogP) is 1.55. The largest absolute Gasteiger partial charge is 0.497 e. The van der Waals surface area contributed by atoms with Crippen LogP contribution in [0, 0.1) is 0 Å². The summed E-state index contributed by atoms with van der Waals surface area (Å²) < 4.78 is 5.20. The number of ether oxygens (including phenoxy) is 1. The molecule has 2 aromatic rings. The van der Waals surface area contributed by atoms with Gasteiger partial charge in [0.2, 0.25) is 5.95 Å². The van der Waals surface area contributed by atoms with Crippen LogP contribution >= 0.6 is 12.4 Å². The number of aromatic amines is 1. The van der Waals surface area contributed by atoms with Crippen molar-refractivity contribution >= 4 is 18.4 Å². The molecule has 5 nitrogen and oxygen atoms in total. The van der Waals surface area contributed by atoms with E-state index in [9.17, 15) is 4.79 Å². The van der Waals surface area contributed by atoms with E-state index in [2.05, 4.69) is 9.97 Å². The number of nitrogens with one attached hydrogen (secondary N) is 1. The van der Waals surface area contributed by atoms with Gasteiger partial charge in [-0.05, 0) is 36.1 Å². The molecule has 0 spiro atoms. The highest BCUT2D eigenvalue weighted by atomic mass is 35.5. The first-order chi connectivity index (χ1) is 8.69. The van der Waals surface area contributed by atoms with Gasteiger partial charge in [0.15, 0.2) is 0 Å². The van der Waals surface area contributed by atoms with Crippen molar-refractivity contribution in [3.8, 4) is 16.9 Å². The number of aromatic nitrogens is 2.